The molecule has 0 saturated carbocycles. The summed E-state index contributed by atoms with van der Waals surface area (Å²) in [5, 5.41) is 1.60. The lowest BCUT2D eigenvalue weighted by atomic mass is 9.98. The lowest BCUT2D eigenvalue weighted by Gasteiger charge is -2.09. The number of aromatic nitrogens is 2. The fraction of sp³-hybridized carbons (Fsp3) is 0. The van der Waals surface area contributed by atoms with Crippen molar-refractivity contribution in [1.29, 1.82) is 0 Å². The molecule has 0 atom stereocenters. The SMILES string of the molecule is Nc1ccc2c(=O)c3c(ccc4nc5c(ccc6c(=O)c7ccccc7c(=O)c65)nc43)c(=O)c2c1N. The van der Waals surface area contributed by atoms with Gasteiger partial charge in [0.25, 0.3) is 0 Å². The highest BCUT2D eigenvalue weighted by Crippen LogP contribution is 2.29. The van der Waals surface area contributed by atoms with Gasteiger partial charge in [0, 0.05) is 26.9 Å². The van der Waals surface area contributed by atoms with Crippen LogP contribution < -0.4 is 33.2 Å². The lowest BCUT2D eigenvalue weighted by Crippen LogP contribution is -2.16. The van der Waals surface area contributed by atoms with Crippen LogP contribution in [0.5, 0.6) is 0 Å². The molecular formula is C28H14N4O4. The van der Waals surface area contributed by atoms with Crippen LogP contribution in [0.4, 0.5) is 11.4 Å². The second kappa shape index (κ2) is 6.67. The van der Waals surface area contributed by atoms with Crippen LogP contribution in [0.15, 0.2) is 79.8 Å². The van der Waals surface area contributed by atoms with Crippen LogP contribution >= 0.6 is 0 Å². The molecule has 0 aliphatic carbocycles. The molecule has 0 aliphatic rings. The van der Waals surface area contributed by atoms with Crippen molar-refractivity contribution in [1.82, 2.24) is 9.97 Å². The maximum Gasteiger partial charge on any atom is 0.196 e. The van der Waals surface area contributed by atoms with Crippen molar-refractivity contribution >= 4 is 76.5 Å². The Balaban J connectivity index is 1.70. The number of fused-ring (bicyclic) bond motifs is 8. The predicted octanol–water partition coefficient (Wildman–Crippen LogP) is 2.88. The number of benzene rings is 6. The molecule has 0 fully saturated rings. The summed E-state index contributed by atoms with van der Waals surface area (Å²) in [6, 6.07) is 15.8. The van der Waals surface area contributed by atoms with E-state index in [4.69, 9.17) is 11.5 Å². The van der Waals surface area contributed by atoms with E-state index in [1.54, 1.807) is 42.5 Å². The van der Waals surface area contributed by atoms with Crippen LogP contribution in [0.25, 0.3) is 65.2 Å². The van der Waals surface area contributed by atoms with Gasteiger partial charge in [0.2, 0.25) is 0 Å². The second-order valence-electron chi connectivity index (χ2n) is 8.79. The number of hydrogen-bond acceptors (Lipinski definition) is 8. The number of rotatable bonds is 0. The Hall–Kier alpha value is -5.24. The quantitative estimate of drug-likeness (QED) is 0.195. The lowest BCUT2D eigenvalue weighted by molar-refractivity contribution is 1.41. The van der Waals surface area contributed by atoms with Crippen molar-refractivity contribution in [3.05, 3.63) is 102 Å². The molecular weight excluding hydrogens is 456 g/mol. The van der Waals surface area contributed by atoms with E-state index in [0.29, 0.717) is 21.8 Å². The first-order valence-corrected chi connectivity index (χ1v) is 11.1. The Labute approximate surface area is 199 Å². The van der Waals surface area contributed by atoms with Crippen LogP contribution in [-0.2, 0) is 0 Å². The van der Waals surface area contributed by atoms with E-state index >= 15 is 0 Å². The zero-order valence-corrected chi connectivity index (χ0v) is 18.5. The average molecular weight is 470 g/mol. The average Bonchev–Trinajstić information content (AvgIpc) is 2.89. The topological polar surface area (TPSA) is 146 Å². The monoisotopic (exact) mass is 470 g/mol. The van der Waals surface area contributed by atoms with E-state index in [1.165, 1.54) is 18.2 Å². The summed E-state index contributed by atoms with van der Waals surface area (Å²) in [5.74, 6) is 0. The molecule has 6 aromatic carbocycles. The summed E-state index contributed by atoms with van der Waals surface area (Å²) in [6.45, 7) is 0. The molecule has 0 bridgehead atoms. The molecule has 0 aliphatic heterocycles. The number of nitrogens with two attached hydrogens (primary N) is 2. The number of nitrogens with zero attached hydrogens (tertiary/aromatic N) is 2. The molecule has 0 radical (unpaired) electrons. The summed E-state index contributed by atoms with van der Waals surface area (Å²) in [7, 11) is 0. The van der Waals surface area contributed by atoms with Gasteiger partial charge < -0.3 is 11.5 Å². The first-order valence-electron chi connectivity index (χ1n) is 11.1. The molecule has 170 valence electrons. The van der Waals surface area contributed by atoms with Crippen molar-refractivity contribution in [2.45, 2.75) is 0 Å². The van der Waals surface area contributed by atoms with Crippen molar-refractivity contribution in [3.63, 3.8) is 0 Å². The first-order chi connectivity index (χ1) is 17.4. The summed E-state index contributed by atoms with van der Waals surface area (Å²) in [5.41, 5.74) is 11.9. The van der Waals surface area contributed by atoms with Gasteiger partial charge in [0.05, 0.1) is 38.6 Å². The fourth-order valence-electron chi connectivity index (χ4n) is 5.14. The van der Waals surface area contributed by atoms with E-state index in [-0.39, 0.29) is 65.6 Å². The Morgan fingerprint density at radius 3 is 1.53 bits per heavy atom. The van der Waals surface area contributed by atoms with Gasteiger partial charge in [-0.25, -0.2) is 9.97 Å². The highest BCUT2D eigenvalue weighted by atomic mass is 16.1. The van der Waals surface area contributed by atoms with E-state index in [0.717, 1.165) is 0 Å². The van der Waals surface area contributed by atoms with Crippen LogP contribution in [0, 0.1) is 0 Å². The number of hydrogen-bond donors (Lipinski definition) is 2. The van der Waals surface area contributed by atoms with Crippen molar-refractivity contribution < 1.29 is 0 Å². The predicted molar refractivity (Wildman–Crippen MR) is 143 cm³/mol. The van der Waals surface area contributed by atoms with Crippen molar-refractivity contribution in [3.8, 4) is 0 Å². The van der Waals surface area contributed by atoms with Crippen LogP contribution in [-0.4, -0.2) is 9.97 Å². The van der Waals surface area contributed by atoms with Gasteiger partial charge in [-0.2, -0.15) is 0 Å². The normalized spacial score (nSPS) is 12.0. The molecule has 0 spiro atoms. The Morgan fingerprint density at radius 1 is 0.472 bits per heavy atom. The highest BCUT2D eigenvalue weighted by molar-refractivity contribution is 6.15. The first kappa shape index (κ1) is 20.2. The molecule has 8 nitrogen and oxygen atoms in total. The summed E-state index contributed by atoms with van der Waals surface area (Å²) < 4.78 is 0. The highest BCUT2D eigenvalue weighted by Gasteiger charge is 2.19. The Kier molecular flexibility index (Phi) is 3.73. The molecule has 0 saturated heterocycles. The number of nitrogen functional groups attached to an aromatic ring is 2. The molecule has 0 amide bonds. The molecule has 1 aromatic heterocycles. The van der Waals surface area contributed by atoms with E-state index in [9.17, 15) is 19.2 Å². The van der Waals surface area contributed by atoms with Gasteiger partial charge in [-0.3, -0.25) is 19.2 Å². The zero-order valence-electron chi connectivity index (χ0n) is 18.5. The molecule has 1 heterocycles. The maximum atomic E-state index is 13.5. The maximum absolute atomic E-state index is 13.5. The van der Waals surface area contributed by atoms with Crippen LogP contribution in [0.2, 0.25) is 0 Å². The minimum Gasteiger partial charge on any atom is -0.397 e. The van der Waals surface area contributed by atoms with Gasteiger partial charge in [-0.15, -0.1) is 0 Å². The summed E-state index contributed by atoms with van der Waals surface area (Å²) >= 11 is 0. The van der Waals surface area contributed by atoms with Gasteiger partial charge in [0.1, 0.15) is 11.0 Å². The second-order valence-corrected chi connectivity index (χ2v) is 8.79. The molecule has 4 N–H and O–H groups in total. The van der Waals surface area contributed by atoms with Gasteiger partial charge in [-0.1, -0.05) is 24.3 Å². The minimum absolute atomic E-state index is 0.0660. The van der Waals surface area contributed by atoms with Crippen molar-refractivity contribution in [2.24, 2.45) is 0 Å². The van der Waals surface area contributed by atoms with E-state index in [1.807, 2.05) is 0 Å². The zero-order chi connectivity index (χ0) is 24.9. The minimum atomic E-state index is -0.420. The molecule has 0 unspecified atom stereocenters. The fourth-order valence-corrected chi connectivity index (χ4v) is 5.14. The Bertz CT molecular complexity index is 2370. The van der Waals surface area contributed by atoms with Crippen LogP contribution in [0.1, 0.15) is 0 Å². The van der Waals surface area contributed by atoms with E-state index < -0.39 is 10.9 Å². The molecule has 36 heavy (non-hydrogen) atoms. The largest absolute Gasteiger partial charge is 0.397 e. The third-order valence-corrected chi connectivity index (χ3v) is 6.89. The number of anilines is 2. The van der Waals surface area contributed by atoms with E-state index in [2.05, 4.69) is 9.97 Å². The standard InChI is InChI=1S/C28H14N4O4/c29-16-8-5-13-19(22(16)30)27(35)15-7-10-18-24(21(15)28(13)36)32-17-9-6-14-20(23(17)31-18)26(34)12-4-2-1-3-11(12)25(14)33/h1-10H,29-30H2. The van der Waals surface area contributed by atoms with Gasteiger partial charge in [-0.05, 0) is 36.4 Å². The van der Waals surface area contributed by atoms with Crippen LogP contribution in [0.3, 0.4) is 0 Å². The molecule has 8 heteroatoms. The summed E-state index contributed by atoms with van der Waals surface area (Å²) in [6.07, 6.45) is 0. The summed E-state index contributed by atoms with van der Waals surface area (Å²) in [4.78, 5) is 62.6. The molecule has 7 aromatic rings. The van der Waals surface area contributed by atoms with Crippen molar-refractivity contribution in [2.75, 3.05) is 11.5 Å². The smallest absolute Gasteiger partial charge is 0.196 e. The third-order valence-electron chi connectivity index (χ3n) is 6.89. The Morgan fingerprint density at radius 2 is 0.917 bits per heavy atom. The van der Waals surface area contributed by atoms with Gasteiger partial charge >= 0.3 is 0 Å². The molecule has 7 rings (SSSR count). The van der Waals surface area contributed by atoms with Gasteiger partial charge in [0.15, 0.2) is 21.7 Å². The third kappa shape index (κ3) is 2.37.